The molecule has 3 aliphatic heterocycles. The topological polar surface area (TPSA) is 131 Å². The van der Waals surface area contributed by atoms with E-state index < -0.39 is 21.5 Å². The van der Waals surface area contributed by atoms with Gasteiger partial charge in [0.25, 0.3) is 0 Å². The third-order valence-electron chi connectivity index (χ3n) is 7.33. The number of sulfone groups is 1. The Balaban J connectivity index is 1.11. The van der Waals surface area contributed by atoms with E-state index in [0.29, 0.717) is 75.0 Å². The molecule has 0 N–H and O–H groups in total. The lowest BCUT2D eigenvalue weighted by molar-refractivity contribution is 0.0216. The van der Waals surface area contributed by atoms with Crippen molar-refractivity contribution in [1.82, 2.24) is 19.8 Å². The largest absolute Gasteiger partial charge is 0.474 e. The SMILES string of the molecule is CC(C)(C)OC(=O)N1CCC(OC(=O)N2CCC(Oc3cc(N4CCc5cc(S(C)(=O)=O)ccc54)ncn3)CC2)C1. The number of carbonyl (C=O) groups is 2. The van der Waals surface area contributed by atoms with Gasteiger partial charge in [-0.15, -0.1) is 0 Å². The van der Waals surface area contributed by atoms with Crippen LogP contribution in [0.1, 0.15) is 45.6 Å². The summed E-state index contributed by atoms with van der Waals surface area (Å²) in [6, 6.07) is 6.95. The van der Waals surface area contributed by atoms with Crippen molar-refractivity contribution in [3.8, 4) is 5.88 Å². The van der Waals surface area contributed by atoms with E-state index in [9.17, 15) is 18.0 Å². The monoisotopic (exact) mass is 587 g/mol. The summed E-state index contributed by atoms with van der Waals surface area (Å²) in [5.41, 5.74) is 1.31. The number of ether oxygens (including phenoxy) is 3. The van der Waals surface area contributed by atoms with E-state index in [0.717, 1.165) is 11.3 Å². The Labute approximate surface area is 240 Å². The first kappa shape index (κ1) is 28.9. The number of likely N-dealkylation sites (tertiary alicyclic amines) is 2. The van der Waals surface area contributed by atoms with E-state index in [1.807, 2.05) is 31.7 Å². The van der Waals surface area contributed by atoms with Crippen LogP contribution in [0.5, 0.6) is 5.88 Å². The van der Waals surface area contributed by atoms with Crippen molar-refractivity contribution in [3.05, 3.63) is 36.2 Å². The molecule has 2 saturated heterocycles. The molecule has 4 heterocycles. The fourth-order valence-electron chi connectivity index (χ4n) is 5.25. The number of fused-ring (bicyclic) bond motifs is 1. The van der Waals surface area contributed by atoms with Crippen molar-refractivity contribution in [2.24, 2.45) is 0 Å². The maximum Gasteiger partial charge on any atom is 0.410 e. The minimum absolute atomic E-state index is 0.112. The zero-order valence-electron chi connectivity index (χ0n) is 23.9. The average Bonchev–Trinajstić information content (AvgIpc) is 3.55. The van der Waals surface area contributed by atoms with Crippen LogP contribution in [0, 0.1) is 0 Å². The third-order valence-corrected chi connectivity index (χ3v) is 8.44. The van der Waals surface area contributed by atoms with Crippen LogP contribution in [0.4, 0.5) is 21.1 Å². The number of anilines is 2. The molecule has 1 unspecified atom stereocenters. The number of benzene rings is 1. The minimum atomic E-state index is -3.27. The summed E-state index contributed by atoms with van der Waals surface area (Å²) in [5.74, 6) is 1.13. The first-order chi connectivity index (χ1) is 19.4. The van der Waals surface area contributed by atoms with Crippen LogP contribution in [-0.4, -0.2) is 97.2 Å². The quantitative estimate of drug-likeness (QED) is 0.512. The molecule has 222 valence electrons. The van der Waals surface area contributed by atoms with Crippen molar-refractivity contribution in [1.29, 1.82) is 0 Å². The standard InChI is InChI=1S/C28H37N5O7S/c1-28(2,3)40-27(35)32-13-10-21(17-32)39-26(34)31-11-8-20(9-12-31)38-25-16-24(29-18-30-25)33-14-7-19-15-22(41(4,36)37)5-6-23(19)33/h5-6,15-16,18,20-21H,7-14,17H2,1-4H3. The van der Waals surface area contributed by atoms with Gasteiger partial charge in [-0.05, 0) is 51.0 Å². The van der Waals surface area contributed by atoms with E-state index in [4.69, 9.17) is 14.2 Å². The molecule has 13 heteroatoms. The Morgan fingerprint density at radius 3 is 2.34 bits per heavy atom. The van der Waals surface area contributed by atoms with E-state index in [1.165, 1.54) is 12.6 Å². The molecule has 0 saturated carbocycles. The molecule has 1 aromatic carbocycles. The second kappa shape index (κ2) is 11.3. The molecule has 0 spiro atoms. The zero-order chi connectivity index (χ0) is 29.4. The smallest absolute Gasteiger partial charge is 0.410 e. The lowest BCUT2D eigenvalue weighted by atomic mass is 10.1. The molecule has 41 heavy (non-hydrogen) atoms. The summed E-state index contributed by atoms with van der Waals surface area (Å²) in [4.78, 5) is 39.3. The fourth-order valence-corrected chi connectivity index (χ4v) is 5.92. The molecular formula is C28H37N5O7S. The summed E-state index contributed by atoms with van der Waals surface area (Å²) < 4.78 is 41.1. The minimum Gasteiger partial charge on any atom is -0.474 e. The molecule has 1 aromatic heterocycles. The molecule has 2 amide bonds. The number of carbonyl (C=O) groups excluding carboxylic acids is 2. The summed E-state index contributed by atoms with van der Waals surface area (Å²) in [6.07, 6.45) is 3.99. The third kappa shape index (κ3) is 7.00. The second-order valence-corrected chi connectivity index (χ2v) is 13.7. The molecule has 5 rings (SSSR count). The Kier molecular flexibility index (Phi) is 8.00. The molecule has 1 atom stereocenters. The van der Waals surface area contributed by atoms with Gasteiger partial charge in [0.15, 0.2) is 9.84 Å². The highest BCUT2D eigenvalue weighted by Gasteiger charge is 2.34. The lowest BCUT2D eigenvalue weighted by Crippen LogP contribution is -2.43. The average molecular weight is 588 g/mol. The first-order valence-electron chi connectivity index (χ1n) is 13.9. The Morgan fingerprint density at radius 2 is 1.63 bits per heavy atom. The van der Waals surface area contributed by atoms with Crippen molar-refractivity contribution < 1.29 is 32.2 Å². The van der Waals surface area contributed by atoms with Gasteiger partial charge in [-0.25, -0.2) is 28.0 Å². The highest BCUT2D eigenvalue weighted by Crippen LogP contribution is 2.35. The summed E-state index contributed by atoms with van der Waals surface area (Å²) in [5, 5.41) is 0. The molecule has 0 bridgehead atoms. The number of rotatable bonds is 5. The predicted molar refractivity (Wildman–Crippen MR) is 150 cm³/mol. The fraction of sp³-hybridized carbons (Fsp3) is 0.571. The van der Waals surface area contributed by atoms with E-state index in [2.05, 4.69) is 9.97 Å². The van der Waals surface area contributed by atoms with Gasteiger partial charge in [0.05, 0.1) is 11.4 Å². The maximum atomic E-state index is 12.8. The number of hydrogen-bond acceptors (Lipinski definition) is 10. The van der Waals surface area contributed by atoms with Crippen LogP contribution < -0.4 is 9.64 Å². The number of amides is 2. The van der Waals surface area contributed by atoms with E-state index in [-0.39, 0.29) is 18.3 Å². The van der Waals surface area contributed by atoms with Crippen molar-refractivity contribution in [2.75, 3.05) is 43.9 Å². The molecule has 0 aliphatic carbocycles. The summed E-state index contributed by atoms with van der Waals surface area (Å²) in [6.45, 7) is 7.95. The highest BCUT2D eigenvalue weighted by atomic mass is 32.2. The zero-order valence-corrected chi connectivity index (χ0v) is 24.7. The molecule has 0 radical (unpaired) electrons. The summed E-state index contributed by atoms with van der Waals surface area (Å²) in [7, 11) is -3.27. The number of hydrogen-bond donors (Lipinski definition) is 0. The van der Waals surface area contributed by atoms with Crippen molar-refractivity contribution in [2.45, 2.75) is 69.2 Å². The van der Waals surface area contributed by atoms with Crippen LogP contribution in [0.15, 0.2) is 35.5 Å². The van der Waals surface area contributed by atoms with Crippen LogP contribution in [0.2, 0.25) is 0 Å². The van der Waals surface area contributed by atoms with Crippen molar-refractivity contribution in [3.63, 3.8) is 0 Å². The molecule has 2 fully saturated rings. The van der Waals surface area contributed by atoms with Gasteiger partial charge < -0.3 is 28.9 Å². The first-order valence-corrected chi connectivity index (χ1v) is 15.8. The molecular weight excluding hydrogens is 550 g/mol. The van der Waals surface area contributed by atoms with Gasteiger partial charge in [-0.2, -0.15) is 0 Å². The molecule has 12 nitrogen and oxygen atoms in total. The van der Waals surface area contributed by atoms with Gasteiger partial charge in [0.2, 0.25) is 5.88 Å². The van der Waals surface area contributed by atoms with Gasteiger partial charge in [-0.1, -0.05) is 0 Å². The van der Waals surface area contributed by atoms with Crippen LogP contribution in [0.25, 0.3) is 0 Å². The Morgan fingerprint density at radius 1 is 0.927 bits per heavy atom. The number of aromatic nitrogens is 2. The second-order valence-electron chi connectivity index (χ2n) is 11.7. The van der Waals surface area contributed by atoms with Crippen LogP contribution >= 0.6 is 0 Å². The van der Waals surface area contributed by atoms with Gasteiger partial charge in [0.1, 0.15) is 30.0 Å². The summed E-state index contributed by atoms with van der Waals surface area (Å²) >= 11 is 0. The van der Waals surface area contributed by atoms with Crippen LogP contribution in [0.3, 0.4) is 0 Å². The highest BCUT2D eigenvalue weighted by molar-refractivity contribution is 7.90. The van der Waals surface area contributed by atoms with Gasteiger partial charge >= 0.3 is 12.2 Å². The molecule has 2 aromatic rings. The Bertz CT molecular complexity index is 1400. The van der Waals surface area contributed by atoms with Gasteiger partial charge in [0, 0.05) is 63.5 Å². The predicted octanol–water partition coefficient (Wildman–Crippen LogP) is 3.56. The number of piperidine rings is 1. The normalized spacial score (nSPS) is 19.7. The lowest BCUT2D eigenvalue weighted by Gasteiger charge is -2.32. The number of nitrogens with zero attached hydrogens (tertiary/aromatic N) is 5. The van der Waals surface area contributed by atoms with Crippen molar-refractivity contribution >= 4 is 33.5 Å². The van der Waals surface area contributed by atoms with E-state index >= 15 is 0 Å². The van der Waals surface area contributed by atoms with Gasteiger partial charge in [-0.3, -0.25) is 0 Å². The van der Waals surface area contributed by atoms with E-state index in [1.54, 1.807) is 28.0 Å². The Hall–Kier alpha value is -3.61. The maximum absolute atomic E-state index is 12.8. The molecule has 3 aliphatic rings. The van der Waals surface area contributed by atoms with Crippen LogP contribution in [-0.2, 0) is 25.7 Å².